The number of aryl methyl sites for hydroxylation is 1. The number of benzene rings is 1. The van der Waals surface area contributed by atoms with Crippen LogP contribution >= 0.6 is 11.3 Å². The number of nitrogens with zero attached hydrogens (tertiary/aromatic N) is 1. The molecule has 1 aliphatic rings. The van der Waals surface area contributed by atoms with Crippen molar-refractivity contribution in [2.45, 2.75) is 58.8 Å². The summed E-state index contributed by atoms with van der Waals surface area (Å²) >= 11 is 1.38. The second kappa shape index (κ2) is 9.44. The first kappa shape index (κ1) is 22.0. The standard InChI is InChI=1S/C24H28N2O3S/c1-4-14(2)16-9-11-17(12-10-16)21-15(3)30-23(20(21)13-25)26-22(27)18-7-5-6-8-19(18)24(28)29/h9-12,14,18-19H,4-8H2,1-3H3,(H,26,27)(H,28,29)/t14-,18+,19+/m1/s1. The SMILES string of the molecule is CC[C@@H](C)c1ccc(-c2c(C)sc(NC(=O)[C@H]3CCCC[C@@H]3C(=O)O)c2C#N)cc1. The van der Waals surface area contributed by atoms with E-state index in [4.69, 9.17) is 0 Å². The van der Waals surface area contributed by atoms with Crippen LogP contribution in [-0.4, -0.2) is 17.0 Å². The van der Waals surface area contributed by atoms with E-state index in [1.165, 1.54) is 16.9 Å². The maximum atomic E-state index is 12.9. The van der Waals surface area contributed by atoms with Gasteiger partial charge >= 0.3 is 5.97 Å². The molecule has 5 nitrogen and oxygen atoms in total. The van der Waals surface area contributed by atoms with E-state index in [1.54, 1.807) is 0 Å². The number of anilines is 1. The van der Waals surface area contributed by atoms with Crippen molar-refractivity contribution < 1.29 is 14.7 Å². The lowest BCUT2D eigenvalue weighted by Gasteiger charge is -2.27. The molecule has 158 valence electrons. The van der Waals surface area contributed by atoms with E-state index < -0.39 is 17.8 Å². The highest BCUT2D eigenvalue weighted by atomic mass is 32.1. The lowest BCUT2D eigenvalue weighted by Crippen LogP contribution is -2.36. The van der Waals surface area contributed by atoms with Crippen LogP contribution in [0.5, 0.6) is 0 Å². The summed E-state index contributed by atoms with van der Waals surface area (Å²) < 4.78 is 0. The summed E-state index contributed by atoms with van der Waals surface area (Å²) in [4.78, 5) is 25.4. The van der Waals surface area contributed by atoms with Gasteiger partial charge in [0.25, 0.3) is 0 Å². The molecule has 1 amide bonds. The smallest absolute Gasteiger partial charge is 0.307 e. The van der Waals surface area contributed by atoms with Crippen molar-refractivity contribution >= 4 is 28.2 Å². The fourth-order valence-electron chi connectivity index (χ4n) is 4.25. The number of thiophene rings is 1. The Kier molecular flexibility index (Phi) is 6.94. The zero-order valence-corrected chi connectivity index (χ0v) is 18.5. The highest BCUT2D eigenvalue weighted by Crippen LogP contribution is 2.41. The molecule has 2 N–H and O–H groups in total. The van der Waals surface area contributed by atoms with Gasteiger partial charge in [0.2, 0.25) is 5.91 Å². The first-order valence-electron chi connectivity index (χ1n) is 10.5. The van der Waals surface area contributed by atoms with Gasteiger partial charge in [-0.15, -0.1) is 11.3 Å². The van der Waals surface area contributed by atoms with Crippen LogP contribution in [0.25, 0.3) is 11.1 Å². The first-order chi connectivity index (χ1) is 14.4. The zero-order valence-electron chi connectivity index (χ0n) is 17.7. The molecule has 0 unspecified atom stereocenters. The number of hydrogen-bond donors (Lipinski definition) is 2. The van der Waals surface area contributed by atoms with Crippen molar-refractivity contribution in [2.24, 2.45) is 11.8 Å². The quantitative estimate of drug-likeness (QED) is 0.600. The molecule has 6 heteroatoms. The predicted octanol–water partition coefficient (Wildman–Crippen LogP) is 5.94. The third kappa shape index (κ3) is 4.41. The van der Waals surface area contributed by atoms with Gasteiger partial charge in [-0.1, -0.05) is 51.0 Å². The minimum atomic E-state index is -0.917. The number of amides is 1. The molecule has 1 aromatic carbocycles. The van der Waals surface area contributed by atoms with Gasteiger partial charge < -0.3 is 10.4 Å². The molecule has 2 aromatic rings. The minimum Gasteiger partial charge on any atom is -0.481 e. The molecule has 0 spiro atoms. The lowest BCUT2D eigenvalue weighted by atomic mass is 9.79. The van der Waals surface area contributed by atoms with Crippen molar-refractivity contribution in [1.29, 1.82) is 5.26 Å². The molecular formula is C24H28N2O3S. The van der Waals surface area contributed by atoms with Gasteiger partial charge in [-0.25, -0.2) is 0 Å². The second-order valence-corrected chi connectivity index (χ2v) is 9.33. The molecule has 1 heterocycles. The summed E-state index contributed by atoms with van der Waals surface area (Å²) in [7, 11) is 0. The van der Waals surface area contributed by atoms with Gasteiger partial charge in [0, 0.05) is 10.4 Å². The zero-order chi connectivity index (χ0) is 21.8. The molecule has 3 atom stereocenters. The third-order valence-corrected chi connectivity index (χ3v) is 7.25. The first-order valence-corrected chi connectivity index (χ1v) is 11.4. The van der Waals surface area contributed by atoms with E-state index in [0.29, 0.717) is 29.3 Å². The molecule has 1 fully saturated rings. The van der Waals surface area contributed by atoms with E-state index in [-0.39, 0.29) is 5.91 Å². The highest BCUT2D eigenvalue weighted by molar-refractivity contribution is 7.17. The Morgan fingerprint density at radius 3 is 2.43 bits per heavy atom. The number of carbonyl (C=O) groups is 2. The largest absolute Gasteiger partial charge is 0.481 e. The van der Waals surface area contributed by atoms with E-state index >= 15 is 0 Å². The highest BCUT2D eigenvalue weighted by Gasteiger charge is 2.36. The average molecular weight is 425 g/mol. The summed E-state index contributed by atoms with van der Waals surface area (Å²) in [5, 5.41) is 22.7. The van der Waals surface area contributed by atoms with Gasteiger partial charge in [0.1, 0.15) is 11.1 Å². The number of hydrogen-bond acceptors (Lipinski definition) is 4. The van der Waals surface area contributed by atoms with Gasteiger partial charge in [0.15, 0.2) is 0 Å². The van der Waals surface area contributed by atoms with Crippen LogP contribution < -0.4 is 5.32 Å². The molecule has 1 aromatic heterocycles. The van der Waals surface area contributed by atoms with Crippen LogP contribution in [0.4, 0.5) is 5.00 Å². The number of nitrogens with one attached hydrogen (secondary N) is 1. The Morgan fingerprint density at radius 1 is 1.23 bits per heavy atom. The molecule has 0 saturated heterocycles. The fraction of sp³-hybridized carbons (Fsp3) is 0.458. The number of aliphatic carboxylic acids is 1. The van der Waals surface area contributed by atoms with Crippen LogP contribution in [0.3, 0.4) is 0 Å². The van der Waals surface area contributed by atoms with Crippen molar-refractivity contribution in [3.8, 4) is 17.2 Å². The normalized spacial score (nSPS) is 19.7. The lowest BCUT2D eigenvalue weighted by molar-refractivity contribution is -0.147. The second-order valence-electron chi connectivity index (χ2n) is 8.11. The molecule has 1 aliphatic carbocycles. The van der Waals surface area contributed by atoms with Crippen molar-refractivity contribution in [3.05, 3.63) is 40.3 Å². The van der Waals surface area contributed by atoms with Crippen LogP contribution in [0.2, 0.25) is 0 Å². The number of nitriles is 1. The number of carboxylic acids is 1. The fourth-order valence-corrected chi connectivity index (χ4v) is 5.28. The Hall–Kier alpha value is -2.65. The monoisotopic (exact) mass is 424 g/mol. The Labute approximate surface area is 181 Å². The number of carboxylic acid groups (broad SMARTS) is 1. The summed E-state index contributed by atoms with van der Waals surface area (Å²) in [6.45, 7) is 6.29. The summed E-state index contributed by atoms with van der Waals surface area (Å²) in [6.07, 6.45) is 3.84. The van der Waals surface area contributed by atoms with Crippen LogP contribution in [0.15, 0.2) is 24.3 Å². The molecule has 1 saturated carbocycles. The Bertz CT molecular complexity index is 972. The Morgan fingerprint density at radius 2 is 1.87 bits per heavy atom. The number of carbonyl (C=O) groups excluding carboxylic acids is 1. The van der Waals surface area contributed by atoms with Gasteiger partial charge in [-0.2, -0.15) is 5.26 Å². The Balaban J connectivity index is 1.88. The summed E-state index contributed by atoms with van der Waals surface area (Å²) in [6, 6.07) is 10.5. The molecular weight excluding hydrogens is 396 g/mol. The number of rotatable bonds is 6. The maximum Gasteiger partial charge on any atom is 0.307 e. The maximum absolute atomic E-state index is 12.9. The minimum absolute atomic E-state index is 0.293. The topological polar surface area (TPSA) is 90.2 Å². The van der Waals surface area contributed by atoms with E-state index in [9.17, 15) is 20.0 Å². The summed E-state index contributed by atoms with van der Waals surface area (Å²) in [5.41, 5.74) is 3.50. The molecule has 3 rings (SSSR count). The van der Waals surface area contributed by atoms with Crippen LogP contribution in [0.1, 0.15) is 67.9 Å². The van der Waals surface area contributed by atoms with E-state index in [2.05, 4.69) is 37.4 Å². The van der Waals surface area contributed by atoms with Crippen molar-refractivity contribution in [2.75, 3.05) is 5.32 Å². The van der Waals surface area contributed by atoms with Crippen molar-refractivity contribution in [1.82, 2.24) is 0 Å². The van der Waals surface area contributed by atoms with Gasteiger partial charge in [-0.05, 0) is 43.2 Å². The van der Waals surface area contributed by atoms with Crippen LogP contribution in [-0.2, 0) is 9.59 Å². The average Bonchev–Trinajstić information content (AvgIpc) is 3.07. The molecule has 30 heavy (non-hydrogen) atoms. The summed E-state index contributed by atoms with van der Waals surface area (Å²) in [5.74, 6) is -1.94. The predicted molar refractivity (Wildman–Crippen MR) is 120 cm³/mol. The van der Waals surface area contributed by atoms with Crippen molar-refractivity contribution in [3.63, 3.8) is 0 Å². The van der Waals surface area contributed by atoms with E-state index in [1.807, 2.05) is 19.1 Å². The third-order valence-electron chi connectivity index (χ3n) is 6.23. The van der Waals surface area contributed by atoms with Gasteiger partial charge in [-0.3, -0.25) is 9.59 Å². The van der Waals surface area contributed by atoms with Crippen LogP contribution in [0, 0.1) is 30.1 Å². The van der Waals surface area contributed by atoms with Gasteiger partial charge in [0.05, 0.1) is 17.4 Å². The molecule has 0 aliphatic heterocycles. The molecule has 0 radical (unpaired) electrons. The van der Waals surface area contributed by atoms with E-state index in [0.717, 1.165) is 35.3 Å². The molecule has 0 bridgehead atoms.